The maximum absolute atomic E-state index is 14.3. The molecule has 12 heteroatoms. The van der Waals surface area contributed by atoms with E-state index in [4.69, 9.17) is 16.3 Å². The molecule has 0 unspecified atom stereocenters. The van der Waals surface area contributed by atoms with E-state index in [0.29, 0.717) is 12.8 Å². The van der Waals surface area contributed by atoms with Crippen molar-refractivity contribution in [3.63, 3.8) is 0 Å². The number of hydrogen-bond acceptors (Lipinski definition) is 4. The highest BCUT2D eigenvalue weighted by Crippen LogP contribution is 2.47. The van der Waals surface area contributed by atoms with Crippen LogP contribution in [0.5, 0.6) is 0 Å². The summed E-state index contributed by atoms with van der Waals surface area (Å²) in [5.74, 6) is -1.53. The van der Waals surface area contributed by atoms with Crippen LogP contribution in [0.3, 0.4) is 0 Å². The molecule has 0 aliphatic carbocycles. The molecule has 1 atom stereocenters. The summed E-state index contributed by atoms with van der Waals surface area (Å²) in [5.41, 5.74) is -5.02. The van der Waals surface area contributed by atoms with Crippen LogP contribution in [-0.4, -0.2) is 48.1 Å². The van der Waals surface area contributed by atoms with Crippen LogP contribution in [-0.2, 0) is 11.3 Å². The van der Waals surface area contributed by atoms with Gasteiger partial charge in [0.05, 0.1) is 6.10 Å². The summed E-state index contributed by atoms with van der Waals surface area (Å²) in [4.78, 5) is 13.1. The third-order valence-electron chi connectivity index (χ3n) is 5.07. The summed E-state index contributed by atoms with van der Waals surface area (Å²) in [6.07, 6.45) is -11.8. The van der Waals surface area contributed by atoms with Gasteiger partial charge < -0.3 is 10.1 Å². The van der Waals surface area contributed by atoms with Gasteiger partial charge in [-0.2, -0.15) is 26.3 Å². The number of nitrogens with one attached hydrogen (secondary N) is 1. The van der Waals surface area contributed by atoms with Crippen molar-refractivity contribution in [2.75, 3.05) is 13.2 Å². The molecule has 2 aromatic rings. The lowest BCUT2D eigenvalue weighted by molar-refractivity contribution is -0.351. The number of benzene rings is 1. The maximum atomic E-state index is 14.3. The molecule has 1 aliphatic rings. The fourth-order valence-electron chi connectivity index (χ4n) is 3.52. The minimum atomic E-state index is -5.89. The molecule has 0 bridgehead atoms. The van der Waals surface area contributed by atoms with E-state index in [1.807, 2.05) is 0 Å². The van der Waals surface area contributed by atoms with Crippen molar-refractivity contribution in [2.45, 2.75) is 43.5 Å². The summed E-state index contributed by atoms with van der Waals surface area (Å²) in [6, 6.07) is 7.48. The lowest BCUT2D eigenvalue weighted by atomic mass is 10.0. The first-order valence-corrected chi connectivity index (χ1v) is 10.8. The first-order chi connectivity index (χ1) is 14.9. The van der Waals surface area contributed by atoms with Crippen LogP contribution >= 0.6 is 22.9 Å². The predicted molar refractivity (Wildman–Crippen MR) is 107 cm³/mol. The van der Waals surface area contributed by atoms with E-state index in [1.54, 1.807) is 5.38 Å². The monoisotopic (exact) mass is 500 g/mol. The molecule has 1 amide bonds. The van der Waals surface area contributed by atoms with Gasteiger partial charge in [0.2, 0.25) is 0 Å². The summed E-state index contributed by atoms with van der Waals surface area (Å²) in [5, 5.41) is 3.00. The van der Waals surface area contributed by atoms with Crippen LogP contribution in [0.4, 0.5) is 26.3 Å². The number of thiophene rings is 1. The highest BCUT2D eigenvalue weighted by atomic mass is 35.5. The van der Waals surface area contributed by atoms with Crippen molar-refractivity contribution in [3.8, 4) is 0 Å². The number of carbonyl (C=O) groups excluding carboxylic acids is 1. The topological polar surface area (TPSA) is 41.6 Å². The Morgan fingerprint density at radius 1 is 1.12 bits per heavy atom. The zero-order valence-corrected chi connectivity index (χ0v) is 18.0. The van der Waals surface area contributed by atoms with E-state index < -0.39 is 43.1 Å². The average Bonchev–Trinajstić information content (AvgIpc) is 3.38. The molecule has 1 aromatic carbocycles. The molecule has 4 nitrogen and oxygen atoms in total. The smallest absolute Gasteiger partial charge is 0.377 e. The van der Waals surface area contributed by atoms with E-state index in [0.717, 1.165) is 23.5 Å². The molecule has 1 fully saturated rings. The number of alkyl halides is 6. The number of nitrogens with zero attached hydrogens (tertiary/aromatic N) is 1. The second-order valence-electron chi connectivity index (χ2n) is 7.26. The molecule has 2 heterocycles. The zero-order chi connectivity index (χ0) is 23.6. The first kappa shape index (κ1) is 24.8. The lowest BCUT2D eigenvalue weighted by Crippen LogP contribution is -2.76. The van der Waals surface area contributed by atoms with Crippen molar-refractivity contribution in [1.29, 1.82) is 0 Å². The molecule has 0 saturated carbocycles. The summed E-state index contributed by atoms with van der Waals surface area (Å²) < 4.78 is 91.3. The maximum Gasteiger partial charge on any atom is 0.434 e. The molecule has 1 saturated heterocycles. The van der Waals surface area contributed by atoms with Crippen molar-refractivity contribution < 1.29 is 35.9 Å². The van der Waals surface area contributed by atoms with Crippen molar-refractivity contribution >= 4 is 28.8 Å². The Hall–Kier alpha value is -1.82. The number of hydrogen-bond donors (Lipinski definition) is 1. The summed E-state index contributed by atoms with van der Waals surface area (Å²) in [7, 11) is 0. The molecule has 3 rings (SSSR count). The number of rotatable bonds is 7. The Bertz CT molecular complexity index is 882. The molecule has 176 valence electrons. The van der Waals surface area contributed by atoms with Gasteiger partial charge >= 0.3 is 12.4 Å². The van der Waals surface area contributed by atoms with E-state index in [-0.39, 0.29) is 27.0 Å². The van der Waals surface area contributed by atoms with Gasteiger partial charge in [0.15, 0.2) is 0 Å². The number of carbonyl (C=O) groups is 1. The normalized spacial score (nSPS) is 17.7. The summed E-state index contributed by atoms with van der Waals surface area (Å²) >= 11 is 6.73. The Balaban J connectivity index is 2.07. The highest BCUT2D eigenvalue weighted by Gasteiger charge is 2.75. The third-order valence-corrected chi connectivity index (χ3v) is 6.18. The van der Waals surface area contributed by atoms with Crippen LogP contribution in [0.15, 0.2) is 41.8 Å². The van der Waals surface area contributed by atoms with Gasteiger partial charge in [0, 0.05) is 35.2 Å². The minimum Gasteiger partial charge on any atom is -0.377 e. The summed E-state index contributed by atoms with van der Waals surface area (Å²) in [6.45, 7) is -1.10. The average molecular weight is 501 g/mol. The number of halogens is 7. The molecular weight excluding hydrogens is 482 g/mol. The van der Waals surface area contributed by atoms with E-state index in [9.17, 15) is 31.1 Å². The lowest BCUT2D eigenvalue weighted by Gasteiger charge is -2.46. The molecule has 1 aromatic heterocycles. The zero-order valence-electron chi connectivity index (χ0n) is 16.5. The quantitative estimate of drug-likeness (QED) is 0.395. The fourth-order valence-corrected chi connectivity index (χ4v) is 4.37. The van der Waals surface area contributed by atoms with Gasteiger partial charge in [0.25, 0.3) is 11.6 Å². The van der Waals surface area contributed by atoms with Crippen LogP contribution in [0.2, 0.25) is 5.02 Å². The van der Waals surface area contributed by atoms with Gasteiger partial charge in [-0.25, -0.2) is 0 Å². The second kappa shape index (κ2) is 9.58. The fraction of sp³-hybridized carbons (Fsp3) is 0.450. The SMILES string of the molecule is O=C(NC(N(Cc1cccs1)C[C@@H]1CCCO1)(C(F)(F)F)C(F)(F)F)c1ccc(Cl)cc1. The third kappa shape index (κ3) is 5.22. The van der Waals surface area contributed by atoms with Crippen LogP contribution in [0.1, 0.15) is 28.1 Å². The van der Waals surface area contributed by atoms with Gasteiger partial charge in [-0.15, -0.1) is 11.3 Å². The Morgan fingerprint density at radius 2 is 1.78 bits per heavy atom. The van der Waals surface area contributed by atoms with Crippen molar-refractivity contribution in [1.82, 2.24) is 10.2 Å². The largest absolute Gasteiger partial charge is 0.434 e. The van der Waals surface area contributed by atoms with E-state index >= 15 is 0 Å². The predicted octanol–water partition coefficient (Wildman–Crippen LogP) is 5.63. The van der Waals surface area contributed by atoms with Crippen LogP contribution in [0.25, 0.3) is 0 Å². The first-order valence-electron chi connectivity index (χ1n) is 9.54. The van der Waals surface area contributed by atoms with Gasteiger partial charge in [-0.05, 0) is 48.6 Å². The van der Waals surface area contributed by atoms with Crippen molar-refractivity contribution in [3.05, 3.63) is 57.2 Å². The molecule has 0 spiro atoms. The molecule has 1 N–H and O–H groups in total. The van der Waals surface area contributed by atoms with E-state index in [1.165, 1.54) is 29.6 Å². The standard InChI is InChI=1S/C20H19ClF6N2O2S/c21-14-7-5-13(6-8-14)17(30)28-18(19(22,23)24,20(25,26)27)29(11-15-3-1-9-31-15)12-16-4-2-10-32-16/h2,4-8,10,15H,1,3,9,11-12H2,(H,28,30)/t15-/m0/s1. The molecular formula is C20H19ClF6N2O2S. The highest BCUT2D eigenvalue weighted by molar-refractivity contribution is 7.09. The number of amides is 1. The van der Waals surface area contributed by atoms with Crippen LogP contribution < -0.4 is 5.32 Å². The van der Waals surface area contributed by atoms with Gasteiger partial charge in [-0.3, -0.25) is 9.69 Å². The Kier molecular flexibility index (Phi) is 7.43. The van der Waals surface area contributed by atoms with Gasteiger partial charge in [0.1, 0.15) is 0 Å². The van der Waals surface area contributed by atoms with Gasteiger partial charge in [-0.1, -0.05) is 17.7 Å². The second-order valence-corrected chi connectivity index (χ2v) is 8.73. The molecule has 0 radical (unpaired) electrons. The minimum absolute atomic E-state index is 0.178. The Morgan fingerprint density at radius 3 is 2.28 bits per heavy atom. The number of ether oxygens (including phenoxy) is 1. The van der Waals surface area contributed by atoms with E-state index in [2.05, 4.69) is 0 Å². The molecule has 1 aliphatic heterocycles. The van der Waals surface area contributed by atoms with Crippen molar-refractivity contribution in [2.24, 2.45) is 0 Å². The Labute approximate surface area is 189 Å². The van der Waals surface area contributed by atoms with Crippen LogP contribution in [0, 0.1) is 0 Å². The molecule has 32 heavy (non-hydrogen) atoms.